The molecule has 2 N–H and O–H groups in total. The molecule has 0 radical (unpaired) electrons. The smallest absolute Gasteiger partial charge is 0.261 e. The second-order valence-corrected chi connectivity index (χ2v) is 9.09. The third-order valence-corrected chi connectivity index (χ3v) is 6.48. The summed E-state index contributed by atoms with van der Waals surface area (Å²) in [6, 6.07) is 9.12. The summed E-state index contributed by atoms with van der Waals surface area (Å²) < 4.78 is 15.0. The third kappa shape index (κ3) is 4.78. The van der Waals surface area contributed by atoms with Gasteiger partial charge >= 0.3 is 0 Å². The van der Waals surface area contributed by atoms with E-state index in [4.69, 9.17) is 0 Å². The Balaban J connectivity index is 1.31. The zero-order chi connectivity index (χ0) is 23.8. The van der Waals surface area contributed by atoms with Crippen LogP contribution in [0.2, 0.25) is 0 Å². The molecule has 9 heteroatoms. The van der Waals surface area contributed by atoms with E-state index in [0.717, 1.165) is 43.1 Å². The first-order valence-corrected chi connectivity index (χ1v) is 11.2. The largest absolute Gasteiger partial charge is 0.369 e. The van der Waals surface area contributed by atoms with Crippen molar-refractivity contribution in [3.63, 3.8) is 0 Å². The molecule has 0 spiro atoms. The highest BCUT2D eigenvalue weighted by molar-refractivity contribution is 5.98. The molecule has 1 aromatic heterocycles. The summed E-state index contributed by atoms with van der Waals surface area (Å²) in [5.74, 6) is -1.11. The summed E-state index contributed by atoms with van der Waals surface area (Å²) in [5.41, 5.74) is 0.924. The number of rotatable bonds is 5. The van der Waals surface area contributed by atoms with Gasteiger partial charge in [-0.15, -0.1) is 0 Å². The number of aromatic amines is 1. The van der Waals surface area contributed by atoms with Crippen LogP contribution in [0.4, 0.5) is 10.1 Å². The van der Waals surface area contributed by atoms with Gasteiger partial charge in [0.15, 0.2) is 0 Å². The average Bonchev–Trinajstić information content (AvgIpc) is 2.76. The minimum absolute atomic E-state index is 0.0619. The lowest BCUT2D eigenvalue weighted by Crippen LogP contribution is -2.67. The quantitative estimate of drug-likeness (QED) is 0.708. The Morgan fingerprint density at radius 1 is 1.09 bits per heavy atom. The lowest BCUT2D eigenvalue weighted by molar-refractivity contribution is -0.142. The van der Waals surface area contributed by atoms with Gasteiger partial charge in [-0.3, -0.25) is 14.4 Å². The summed E-state index contributed by atoms with van der Waals surface area (Å²) in [6.07, 6.45) is 0. The molecule has 2 amide bonds. The molecular weight excluding hydrogens is 425 g/mol. The van der Waals surface area contributed by atoms with E-state index in [0.29, 0.717) is 11.1 Å². The number of carbonyl (C=O) groups excluding carboxylic acids is 2. The van der Waals surface area contributed by atoms with Crippen molar-refractivity contribution in [1.29, 1.82) is 0 Å². The van der Waals surface area contributed by atoms with Gasteiger partial charge in [0.05, 0.1) is 13.1 Å². The normalized spacial score (nSPS) is 18.1. The first-order chi connectivity index (χ1) is 15.7. The van der Waals surface area contributed by atoms with Crippen molar-refractivity contribution in [3.05, 3.63) is 63.1 Å². The van der Waals surface area contributed by atoms with Crippen molar-refractivity contribution in [2.45, 2.75) is 26.1 Å². The maximum absolute atomic E-state index is 15.0. The van der Waals surface area contributed by atoms with Gasteiger partial charge in [0.25, 0.3) is 17.4 Å². The Bertz CT molecular complexity index is 1100. The van der Waals surface area contributed by atoms with Crippen molar-refractivity contribution in [3.8, 4) is 0 Å². The number of piperazine rings is 1. The predicted octanol–water partition coefficient (Wildman–Crippen LogP) is 1.22. The van der Waals surface area contributed by atoms with Crippen LogP contribution in [0.1, 0.15) is 27.2 Å². The van der Waals surface area contributed by atoms with E-state index >= 15 is 4.39 Å². The van der Waals surface area contributed by atoms with Crippen LogP contribution in [-0.4, -0.2) is 78.6 Å². The van der Waals surface area contributed by atoms with E-state index in [1.165, 1.54) is 4.90 Å². The maximum Gasteiger partial charge on any atom is 0.261 e. The van der Waals surface area contributed by atoms with E-state index in [2.05, 4.69) is 27.1 Å². The Hall–Kier alpha value is -3.20. The van der Waals surface area contributed by atoms with Crippen molar-refractivity contribution in [2.75, 3.05) is 51.2 Å². The molecule has 2 fully saturated rings. The first-order valence-electron chi connectivity index (χ1n) is 11.2. The number of halogens is 1. The van der Waals surface area contributed by atoms with Crippen LogP contribution < -0.4 is 15.8 Å². The minimum Gasteiger partial charge on any atom is -0.369 e. The molecule has 176 valence electrons. The number of alkyl halides is 1. The van der Waals surface area contributed by atoms with E-state index in [9.17, 15) is 14.4 Å². The number of amides is 2. The van der Waals surface area contributed by atoms with Crippen LogP contribution >= 0.6 is 0 Å². The second kappa shape index (κ2) is 8.97. The maximum atomic E-state index is 15.0. The van der Waals surface area contributed by atoms with Crippen LogP contribution in [0.25, 0.3) is 0 Å². The van der Waals surface area contributed by atoms with Gasteiger partial charge < -0.3 is 25.0 Å². The van der Waals surface area contributed by atoms with Crippen LogP contribution in [0.3, 0.4) is 0 Å². The highest BCUT2D eigenvalue weighted by Gasteiger charge is 2.52. The SMILES string of the molecule is Cc1cc(C)c(CNC(=O)C2(F)CN(C(=O)c3ccc(N4CCN(C)CC4)cc3)C2)c(=O)[nH]1. The van der Waals surface area contributed by atoms with Gasteiger partial charge in [-0.25, -0.2) is 4.39 Å². The van der Waals surface area contributed by atoms with E-state index in [-0.39, 0.29) is 31.1 Å². The van der Waals surface area contributed by atoms with Crippen LogP contribution in [-0.2, 0) is 11.3 Å². The number of benzene rings is 1. The van der Waals surface area contributed by atoms with Gasteiger partial charge in [0.2, 0.25) is 5.67 Å². The number of carbonyl (C=O) groups is 2. The van der Waals surface area contributed by atoms with Gasteiger partial charge in [-0.1, -0.05) is 0 Å². The standard InChI is InChI=1S/C24H30FN5O3/c1-16-12-17(2)27-21(31)20(16)13-26-23(33)24(25)14-30(15-24)22(32)18-4-6-19(7-5-18)29-10-8-28(3)9-11-29/h4-7,12H,8-11,13-15H2,1-3H3,(H,26,33)(H,27,31). The molecule has 2 aromatic rings. The van der Waals surface area contributed by atoms with Crippen LogP contribution in [0.15, 0.2) is 35.1 Å². The molecule has 2 aliphatic rings. The Kier molecular flexibility index (Phi) is 6.25. The molecule has 0 unspecified atom stereocenters. The number of H-pyrrole nitrogens is 1. The molecule has 0 saturated carbocycles. The third-order valence-electron chi connectivity index (χ3n) is 6.48. The van der Waals surface area contributed by atoms with Crippen molar-refractivity contribution < 1.29 is 14.0 Å². The van der Waals surface area contributed by atoms with Crippen LogP contribution in [0, 0.1) is 13.8 Å². The summed E-state index contributed by atoms with van der Waals surface area (Å²) in [5, 5.41) is 2.51. The number of aryl methyl sites for hydroxylation is 2. The molecule has 33 heavy (non-hydrogen) atoms. The second-order valence-electron chi connectivity index (χ2n) is 9.09. The van der Waals surface area contributed by atoms with Crippen molar-refractivity contribution >= 4 is 17.5 Å². The number of nitrogens with one attached hydrogen (secondary N) is 2. The molecule has 4 rings (SSSR count). The number of anilines is 1. The highest BCUT2D eigenvalue weighted by Crippen LogP contribution is 2.28. The molecule has 8 nitrogen and oxygen atoms in total. The average molecular weight is 456 g/mol. The lowest BCUT2D eigenvalue weighted by Gasteiger charge is -2.43. The van der Waals surface area contributed by atoms with E-state index in [1.807, 2.05) is 12.1 Å². The predicted molar refractivity (Wildman–Crippen MR) is 124 cm³/mol. The topological polar surface area (TPSA) is 88.8 Å². The molecule has 1 aromatic carbocycles. The van der Waals surface area contributed by atoms with Crippen molar-refractivity contribution in [1.82, 2.24) is 20.1 Å². The molecule has 0 bridgehead atoms. The molecule has 0 atom stereocenters. The minimum atomic E-state index is -2.15. The number of pyridine rings is 1. The molecular formula is C24H30FN5O3. The van der Waals surface area contributed by atoms with E-state index < -0.39 is 11.6 Å². The van der Waals surface area contributed by atoms with Crippen LogP contribution in [0.5, 0.6) is 0 Å². The van der Waals surface area contributed by atoms with Crippen molar-refractivity contribution in [2.24, 2.45) is 0 Å². The Morgan fingerprint density at radius 3 is 2.33 bits per heavy atom. The van der Waals surface area contributed by atoms with Gasteiger partial charge in [-0.2, -0.15) is 0 Å². The summed E-state index contributed by atoms with van der Waals surface area (Å²) >= 11 is 0. The lowest BCUT2D eigenvalue weighted by atomic mass is 9.94. The summed E-state index contributed by atoms with van der Waals surface area (Å²) in [6.45, 7) is 6.73. The van der Waals surface area contributed by atoms with Gasteiger partial charge in [0, 0.05) is 55.2 Å². The fourth-order valence-corrected chi connectivity index (χ4v) is 4.34. The fraction of sp³-hybridized carbons (Fsp3) is 0.458. The number of aromatic nitrogens is 1. The Labute approximate surface area is 192 Å². The molecule has 2 saturated heterocycles. The zero-order valence-electron chi connectivity index (χ0n) is 19.3. The fourth-order valence-electron chi connectivity index (χ4n) is 4.34. The zero-order valence-corrected chi connectivity index (χ0v) is 19.3. The van der Waals surface area contributed by atoms with Gasteiger partial charge in [0.1, 0.15) is 0 Å². The molecule has 2 aliphatic heterocycles. The summed E-state index contributed by atoms with van der Waals surface area (Å²) in [4.78, 5) is 45.8. The monoisotopic (exact) mass is 455 g/mol. The number of likely N-dealkylation sites (N-methyl/N-ethyl adjacent to an activating group) is 1. The Morgan fingerprint density at radius 2 is 1.73 bits per heavy atom. The molecule has 0 aliphatic carbocycles. The number of nitrogens with zero attached hydrogens (tertiary/aromatic N) is 3. The number of likely N-dealkylation sites (tertiary alicyclic amines) is 1. The molecule has 3 heterocycles. The highest BCUT2D eigenvalue weighted by atomic mass is 19.1. The summed E-state index contributed by atoms with van der Waals surface area (Å²) in [7, 11) is 2.10. The van der Waals surface area contributed by atoms with Gasteiger partial charge in [-0.05, 0) is 56.8 Å². The van der Waals surface area contributed by atoms with E-state index in [1.54, 1.807) is 32.0 Å². The number of hydrogen-bond donors (Lipinski definition) is 2. The number of hydrogen-bond acceptors (Lipinski definition) is 5. The first kappa shape index (κ1) is 23.0.